The van der Waals surface area contributed by atoms with E-state index >= 15 is 0 Å². The fourth-order valence-corrected chi connectivity index (χ4v) is 5.41. The SMILES string of the molecule is C/C=N\N1C=CC(Oc2ccc(Nc3ncnc4cnc(N5CCC6COCC65)nc34)cc2Cl)=CC1=C(C)CC. The number of nitrogens with one attached hydrogen (secondary N) is 1. The van der Waals surface area contributed by atoms with Crippen molar-refractivity contribution < 1.29 is 9.47 Å². The Hall–Kier alpha value is -4.02. The number of fused-ring (bicyclic) bond motifs is 2. The van der Waals surface area contributed by atoms with Crippen LogP contribution in [0.4, 0.5) is 17.5 Å². The molecule has 1 aromatic carbocycles. The van der Waals surface area contributed by atoms with Crippen LogP contribution in [0.2, 0.25) is 5.02 Å². The maximum atomic E-state index is 6.66. The number of ether oxygens (including phenoxy) is 2. The van der Waals surface area contributed by atoms with Gasteiger partial charge in [-0.15, -0.1) is 0 Å². The average Bonchev–Trinajstić information content (AvgIpc) is 3.59. The Morgan fingerprint density at radius 1 is 1.27 bits per heavy atom. The summed E-state index contributed by atoms with van der Waals surface area (Å²) in [6, 6.07) is 5.86. The van der Waals surface area contributed by atoms with Crippen molar-refractivity contribution in [1.82, 2.24) is 24.9 Å². The molecule has 10 nitrogen and oxygen atoms in total. The van der Waals surface area contributed by atoms with Crippen LogP contribution in [0.15, 0.2) is 71.2 Å². The molecule has 5 heterocycles. The zero-order chi connectivity index (χ0) is 27.6. The number of anilines is 3. The molecule has 0 aliphatic carbocycles. The van der Waals surface area contributed by atoms with E-state index in [1.165, 1.54) is 11.9 Å². The molecule has 2 atom stereocenters. The predicted octanol–water partition coefficient (Wildman–Crippen LogP) is 5.82. The summed E-state index contributed by atoms with van der Waals surface area (Å²) >= 11 is 6.66. The summed E-state index contributed by atoms with van der Waals surface area (Å²) in [6.45, 7) is 8.53. The lowest BCUT2D eigenvalue weighted by molar-refractivity contribution is 0.179. The van der Waals surface area contributed by atoms with Gasteiger partial charge in [-0.1, -0.05) is 18.5 Å². The second kappa shape index (κ2) is 11.2. The summed E-state index contributed by atoms with van der Waals surface area (Å²) in [5.74, 6) is 3.01. The lowest BCUT2D eigenvalue weighted by Crippen LogP contribution is -2.34. The zero-order valence-corrected chi connectivity index (χ0v) is 23.5. The molecule has 2 fully saturated rings. The lowest BCUT2D eigenvalue weighted by Gasteiger charge is -2.23. The van der Waals surface area contributed by atoms with E-state index in [0.717, 1.165) is 37.4 Å². The van der Waals surface area contributed by atoms with Crippen LogP contribution in [0.3, 0.4) is 0 Å². The molecule has 3 aliphatic rings. The van der Waals surface area contributed by atoms with E-state index in [2.05, 4.69) is 44.1 Å². The molecule has 0 saturated carbocycles. The number of rotatable bonds is 7. The molecule has 2 unspecified atom stereocenters. The van der Waals surface area contributed by atoms with Crippen LogP contribution in [0.1, 0.15) is 33.6 Å². The summed E-state index contributed by atoms with van der Waals surface area (Å²) in [6.07, 6.45) is 12.7. The molecular weight excluding hydrogens is 528 g/mol. The van der Waals surface area contributed by atoms with Gasteiger partial charge < -0.3 is 19.7 Å². The molecule has 0 bridgehead atoms. The molecule has 6 rings (SSSR count). The van der Waals surface area contributed by atoms with Gasteiger partial charge in [-0.05, 0) is 56.5 Å². The van der Waals surface area contributed by atoms with Crippen molar-refractivity contribution in [3.63, 3.8) is 0 Å². The Labute approximate surface area is 238 Å². The minimum Gasteiger partial charge on any atom is -0.456 e. The predicted molar refractivity (Wildman–Crippen MR) is 157 cm³/mol. The van der Waals surface area contributed by atoms with Crippen LogP contribution >= 0.6 is 11.6 Å². The fourth-order valence-electron chi connectivity index (χ4n) is 5.19. The highest BCUT2D eigenvalue weighted by molar-refractivity contribution is 6.32. The number of aromatic nitrogens is 4. The summed E-state index contributed by atoms with van der Waals surface area (Å²) in [4.78, 5) is 20.5. The Kier molecular flexibility index (Phi) is 7.36. The van der Waals surface area contributed by atoms with Gasteiger partial charge in [0.15, 0.2) is 5.82 Å². The van der Waals surface area contributed by atoms with Gasteiger partial charge >= 0.3 is 0 Å². The number of halogens is 1. The highest BCUT2D eigenvalue weighted by atomic mass is 35.5. The summed E-state index contributed by atoms with van der Waals surface area (Å²) in [5.41, 5.74) is 4.24. The summed E-state index contributed by atoms with van der Waals surface area (Å²) in [7, 11) is 0. The normalized spacial score (nSPS) is 21.8. The Morgan fingerprint density at radius 3 is 3.00 bits per heavy atom. The highest BCUT2D eigenvalue weighted by Gasteiger charge is 2.39. The van der Waals surface area contributed by atoms with E-state index < -0.39 is 0 Å². The highest BCUT2D eigenvalue weighted by Crippen LogP contribution is 2.35. The smallest absolute Gasteiger partial charge is 0.226 e. The van der Waals surface area contributed by atoms with E-state index in [1.807, 2.05) is 48.5 Å². The first-order valence-electron chi connectivity index (χ1n) is 13.5. The lowest BCUT2D eigenvalue weighted by atomic mass is 10.1. The Bertz CT molecular complexity index is 1550. The number of hydrazone groups is 1. The Morgan fingerprint density at radius 2 is 2.17 bits per heavy atom. The van der Waals surface area contributed by atoms with Crippen LogP contribution in [0.5, 0.6) is 5.75 Å². The van der Waals surface area contributed by atoms with E-state index in [9.17, 15) is 0 Å². The van der Waals surface area contributed by atoms with Crippen molar-refractivity contribution in [3.8, 4) is 5.75 Å². The molecule has 40 heavy (non-hydrogen) atoms. The minimum atomic E-state index is 0.318. The van der Waals surface area contributed by atoms with Crippen molar-refractivity contribution in [3.05, 3.63) is 71.1 Å². The monoisotopic (exact) mass is 558 g/mol. The van der Waals surface area contributed by atoms with Crippen molar-refractivity contribution in [2.75, 3.05) is 30.0 Å². The number of nitrogens with zero attached hydrogens (tertiary/aromatic N) is 7. The number of hydrogen-bond acceptors (Lipinski definition) is 10. The summed E-state index contributed by atoms with van der Waals surface area (Å²) < 4.78 is 11.8. The van der Waals surface area contributed by atoms with Crippen molar-refractivity contribution in [2.45, 2.75) is 39.7 Å². The van der Waals surface area contributed by atoms with Gasteiger partial charge in [0, 0.05) is 36.6 Å². The zero-order valence-electron chi connectivity index (χ0n) is 22.7. The Balaban J connectivity index is 1.22. The molecule has 0 amide bonds. The van der Waals surface area contributed by atoms with Gasteiger partial charge in [0.2, 0.25) is 5.95 Å². The van der Waals surface area contributed by atoms with E-state index in [-0.39, 0.29) is 0 Å². The number of allylic oxidation sites excluding steroid dienone is 3. The molecule has 3 aromatic rings. The van der Waals surface area contributed by atoms with Crippen molar-refractivity contribution in [1.29, 1.82) is 0 Å². The first-order valence-corrected chi connectivity index (χ1v) is 13.9. The third-order valence-corrected chi connectivity index (χ3v) is 7.76. The van der Waals surface area contributed by atoms with Crippen LogP contribution in [0.25, 0.3) is 11.0 Å². The molecular formula is C29H31ClN8O2. The number of benzene rings is 1. The minimum absolute atomic E-state index is 0.318. The molecule has 0 spiro atoms. The van der Waals surface area contributed by atoms with Gasteiger partial charge in [0.1, 0.15) is 28.9 Å². The number of hydrogen-bond donors (Lipinski definition) is 1. The largest absolute Gasteiger partial charge is 0.456 e. The molecule has 2 saturated heterocycles. The first kappa shape index (κ1) is 26.2. The maximum absolute atomic E-state index is 6.66. The molecule has 206 valence electrons. The van der Waals surface area contributed by atoms with E-state index in [0.29, 0.717) is 57.9 Å². The molecule has 11 heteroatoms. The quantitative estimate of drug-likeness (QED) is 0.359. The molecule has 1 N–H and O–H groups in total. The van der Waals surface area contributed by atoms with Gasteiger partial charge in [-0.2, -0.15) is 5.10 Å². The second-order valence-corrected chi connectivity index (χ2v) is 10.4. The van der Waals surface area contributed by atoms with Crippen molar-refractivity contribution >= 4 is 46.3 Å². The van der Waals surface area contributed by atoms with Gasteiger partial charge in [0.25, 0.3) is 0 Å². The fraction of sp³-hybridized carbons (Fsp3) is 0.345. The van der Waals surface area contributed by atoms with Crippen LogP contribution < -0.4 is 15.0 Å². The average molecular weight is 559 g/mol. The van der Waals surface area contributed by atoms with Gasteiger partial charge in [-0.3, -0.25) is 0 Å². The van der Waals surface area contributed by atoms with Gasteiger partial charge in [0.05, 0.1) is 36.2 Å². The third-order valence-electron chi connectivity index (χ3n) is 7.46. The topological polar surface area (TPSA) is 101 Å². The third kappa shape index (κ3) is 5.12. The van der Waals surface area contributed by atoms with E-state index in [4.69, 9.17) is 26.1 Å². The van der Waals surface area contributed by atoms with Crippen LogP contribution in [-0.2, 0) is 4.74 Å². The summed E-state index contributed by atoms with van der Waals surface area (Å²) in [5, 5.41) is 10.1. The molecule has 3 aliphatic heterocycles. The second-order valence-electron chi connectivity index (χ2n) is 9.95. The van der Waals surface area contributed by atoms with Crippen molar-refractivity contribution in [2.24, 2.45) is 11.0 Å². The standard InChI is InChI=1S/C29H31ClN8O2/c1-4-18(3)24-13-21(9-11-38(24)34-5-2)40-26-7-6-20(12-22(26)30)35-28-27-23(32-17-33-28)14-31-29(36-27)37-10-8-19-15-39-16-25(19)37/h5-7,9,11-14,17,19,25H,4,8,10,15-16H2,1-3H3,(H,32,33,35)/b24-18?,34-5-. The maximum Gasteiger partial charge on any atom is 0.226 e. The van der Waals surface area contributed by atoms with E-state index in [1.54, 1.807) is 12.4 Å². The molecule has 2 aromatic heterocycles. The first-order chi connectivity index (χ1) is 19.5. The van der Waals surface area contributed by atoms with Crippen LogP contribution in [0, 0.1) is 5.92 Å². The molecule has 0 radical (unpaired) electrons. The van der Waals surface area contributed by atoms with Crippen LogP contribution in [-0.4, -0.2) is 57.0 Å². The van der Waals surface area contributed by atoms with Gasteiger partial charge in [-0.25, -0.2) is 24.9 Å².